The van der Waals surface area contributed by atoms with Crippen molar-refractivity contribution >= 4 is 39.4 Å². The Morgan fingerprint density at radius 3 is 2.64 bits per heavy atom. The summed E-state index contributed by atoms with van der Waals surface area (Å²) in [7, 11) is 0. The maximum Gasteiger partial charge on any atom is 0.338 e. The number of likely N-dealkylation sites (tertiary alicyclic amines) is 1. The number of rotatable bonds is 5. The number of piperidine rings is 1. The van der Waals surface area contributed by atoms with Crippen molar-refractivity contribution in [1.29, 1.82) is 0 Å². The normalized spacial score (nSPS) is 23.5. The molecule has 0 aliphatic carbocycles. The average Bonchev–Trinajstić information content (AvgIpc) is 3.19. The Kier molecular flexibility index (Phi) is 5.16. The molecule has 2 saturated heterocycles. The van der Waals surface area contributed by atoms with Gasteiger partial charge in [0.2, 0.25) is 0 Å². The molecule has 2 aromatic rings. The number of aromatic nitrogens is 1. The number of thiazole rings is 1. The van der Waals surface area contributed by atoms with E-state index in [4.69, 9.17) is 4.98 Å². The number of imide groups is 2. The number of benzene rings is 1. The average molecular weight is 402 g/mol. The van der Waals surface area contributed by atoms with Gasteiger partial charge in [-0.25, -0.2) is 14.7 Å². The van der Waals surface area contributed by atoms with Crippen LogP contribution in [0.5, 0.6) is 0 Å². The number of carbonyl (C=O) groups excluding carboxylic acids is 3. The molecule has 28 heavy (non-hydrogen) atoms. The van der Waals surface area contributed by atoms with Gasteiger partial charge in [-0.3, -0.25) is 14.5 Å². The largest absolute Gasteiger partial charge is 0.338 e. The van der Waals surface area contributed by atoms with Crippen molar-refractivity contribution in [3.8, 4) is 0 Å². The summed E-state index contributed by atoms with van der Waals surface area (Å²) < 4.78 is 1.15. The van der Waals surface area contributed by atoms with Crippen molar-refractivity contribution < 1.29 is 19.3 Å². The van der Waals surface area contributed by atoms with Crippen LogP contribution in [0.25, 0.3) is 10.2 Å². The van der Waals surface area contributed by atoms with Crippen LogP contribution in [0.4, 0.5) is 4.79 Å². The lowest BCUT2D eigenvalue weighted by molar-refractivity contribution is -0.943. The van der Waals surface area contributed by atoms with Crippen LogP contribution in [0.2, 0.25) is 0 Å². The van der Waals surface area contributed by atoms with Crippen LogP contribution >= 0.6 is 11.3 Å². The molecule has 2 aliphatic heterocycles. The highest BCUT2D eigenvalue weighted by molar-refractivity contribution is 7.18. The number of para-hydroxylation sites is 1. The third-order valence-corrected chi connectivity index (χ3v) is 6.54. The Morgan fingerprint density at radius 2 is 1.89 bits per heavy atom. The van der Waals surface area contributed by atoms with Crippen LogP contribution in [0.15, 0.2) is 24.3 Å². The monoisotopic (exact) mass is 401 g/mol. The van der Waals surface area contributed by atoms with Crippen molar-refractivity contribution in [3.05, 3.63) is 29.3 Å². The van der Waals surface area contributed by atoms with E-state index in [0.717, 1.165) is 55.7 Å². The first-order chi connectivity index (χ1) is 13.5. The van der Waals surface area contributed by atoms with Gasteiger partial charge >= 0.3 is 17.8 Å². The first kappa shape index (κ1) is 19.0. The fraction of sp³-hybridized carbons (Fsp3) is 0.500. The predicted molar refractivity (Wildman–Crippen MR) is 106 cm³/mol. The minimum Gasteiger partial charge on any atom is -0.309 e. The first-order valence-electron chi connectivity index (χ1n) is 9.83. The molecule has 2 fully saturated rings. The summed E-state index contributed by atoms with van der Waals surface area (Å²) in [5.41, 5.74) is 0.985. The van der Waals surface area contributed by atoms with E-state index in [9.17, 15) is 14.4 Å². The Labute approximate surface area is 167 Å². The molecule has 0 spiro atoms. The molecule has 1 unspecified atom stereocenters. The SMILES string of the molecule is CC(C)CN1C(=O)C(=O)N(C[NH+]2CCCC[C@H]2c2nc3ccccc3s2)C1=O. The molecule has 4 amide bonds. The number of urea groups is 1. The minimum atomic E-state index is -0.702. The van der Waals surface area contributed by atoms with Crippen LogP contribution in [-0.2, 0) is 9.59 Å². The number of nitrogens with zero attached hydrogens (tertiary/aromatic N) is 3. The Hall–Kier alpha value is -2.32. The lowest BCUT2D eigenvalue weighted by Gasteiger charge is -2.33. The second-order valence-electron chi connectivity index (χ2n) is 7.96. The van der Waals surface area contributed by atoms with Crippen LogP contribution in [0, 0.1) is 5.92 Å². The smallest absolute Gasteiger partial charge is 0.309 e. The maximum atomic E-state index is 12.7. The van der Waals surface area contributed by atoms with Gasteiger partial charge in [0, 0.05) is 13.0 Å². The van der Waals surface area contributed by atoms with Crippen LogP contribution < -0.4 is 4.90 Å². The molecule has 2 atom stereocenters. The standard InChI is InChI=1S/C20H24N4O3S/c1-13(2)11-23-18(25)19(26)24(20(23)27)12-22-10-6-5-8-15(22)17-21-14-7-3-4-9-16(14)28-17/h3-4,7,9,13,15H,5-6,8,10-12H2,1-2H3/p+1/t15-/m0/s1. The van der Waals surface area contributed by atoms with E-state index in [0.29, 0.717) is 0 Å². The van der Waals surface area contributed by atoms with Gasteiger partial charge in [0.15, 0.2) is 11.7 Å². The maximum absolute atomic E-state index is 12.7. The summed E-state index contributed by atoms with van der Waals surface area (Å²) >= 11 is 1.68. The molecular formula is C20H25N4O3S+. The summed E-state index contributed by atoms with van der Waals surface area (Å²) in [6.45, 7) is 5.20. The van der Waals surface area contributed by atoms with Crippen molar-refractivity contribution in [2.45, 2.75) is 39.2 Å². The van der Waals surface area contributed by atoms with Crippen molar-refractivity contribution in [2.75, 3.05) is 19.8 Å². The van der Waals surface area contributed by atoms with Crippen LogP contribution in [0.1, 0.15) is 44.2 Å². The Bertz CT molecular complexity index is 892. The van der Waals surface area contributed by atoms with E-state index in [-0.39, 0.29) is 25.2 Å². The zero-order chi connectivity index (χ0) is 19.8. The van der Waals surface area contributed by atoms with Gasteiger partial charge in [0.1, 0.15) is 6.04 Å². The van der Waals surface area contributed by atoms with Gasteiger partial charge in [-0.2, -0.15) is 0 Å². The molecule has 1 N–H and O–H groups in total. The lowest BCUT2D eigenvalue weighted by atomic mass is 10.0. The number of hydrogen-bond acceptors (Lipinski definition) is 5. The van der Waals surface area contributed by atoms with Crippen molar-refractivity contribution in [1.82, 2.24) is 14.8 Å². The van der Waals surface area contributed by atoms with Crippen LogP contribution in [0.3, 0.4) is 0 Å². The van der Waals surface area contributed by atoms with E-state index in [1.165, 1.54) is 0 Å². The molecule has 0 bridgehead atoms. The summed E-state index contributed by atoms with van der Waals surface area (Å²) in [6, 6.07) is 7.72. The number of quaternary nitrogens is 1. The molecule has 4 rings (SSSR count). The zero-order valence-corrected chi connectivity index (χ0v) is 17.0. The van der Waals surface area contributed by atoms with E-state index >= 15 is 0 Å². The summed E-state index contributed by atoms with van der Waals surface area (Å²) in [6.07, 6.45) is 3.11. The quantitative estimate of drug-likeness (QED) is 0.613. The number of nitrogens with one attached hydrogen (secondary N) is 1. The molecule has 1 aromatic carbocycles. The summed E-state index contributed by atoms with van der Waals surface area (Å²) in [5.74, 6) is -1.28. The molecule has 1 aromatic heterocycles. The summed E-state index contributed by atoms with van der Waals surface area (Å²) in [4.78, 5) is 45.6. The van der Waals surface area contributed by atoms with E-state index < -0.39 is 17.8 Å². The van der Waals surface area contributed by atoms with Gasteiger partial charge in [-0.1, -0.05) is 26.0 Å². The number of amides is 4. The number of hydrogen-bond donors (Lipinski definition) is 1. The van der Waals surface area contributed by atoms with E-state index in [1.807, 2.05) is 32.0 Å². The number of fused-ring (bicyclic) bond motifs is 1. The zero-order valence-electron chi connectivity index (χ0n) is 16.2. The van der Waals surface area contributed by atoms with Gasteiger partial charge < -0.3 is 4.90 Å². The van der Waals surface area contributed by atoms with E-state index in [2.05, 4.69) is 6.07 Å². The molecule has 0 saturated carbocycles. The number of carbonyl (C=O) groups is 3. The van der Waals surface area contributed by atoms with Gasteiger partial charge in [-0.05, 0) is 30.9 Å². The lowest BCUT2D eigenvalue weighted by Crippen LogP contribution is -3.14. The topological polar surface area (TPSA) is 75.0 Å². The molecule has 2 aliphatic rings. The van der Waals surface area contributed by atoms with Gasteiger partial charge in [0.25, 0.3) is 0 Å². The van der Waals surface area contributed by atoms with E-state index in [1.54, 1.807) is 11.3 Å². The Balaban J connectivity index is 1.56. The third kappa shape index (κ3) is 3.42. The molecule has 148 valence electrons. The van der Waals surface area contributed by atoms with Gasteiger partial charge in [0.05, 0.1) is 16.8 Å². The molecule has 8 heteroatoms. The van der Waals surface area contributed by atoms with Gasteiger partial charge in [-0.15, -0.1) is 11.3 Å². The Morgan fingerprint density at radius 1 is 1.14 bits per heavy atom. The molecular weight excluding hydrogens is 376 g/mol. The highest BCUT2D eigenvalue weighted by atomic mass is 32.1. The van der Waals surface area contributed by atoms with Crippen molar-refractivity contribution in [3.63, 3.8) is 0 Å². The minimum absolute atomic E-state index is 0.124. The molecule has 7 nitrogen and oxygen atoms in total. The second kappa shape index (κ2) is 7.60. The highest BCUT2D eigenvalue weighted by Crippen LogP contribution is 2.28. The third-order valence-electron chi connectivity index (χ3n) is 5.39. The molecule has 0 radical (unpaired) electrons. The fourth-order valence-electron chi connectivity index (χ4n) is 4.02. The summed E-state index contributed by atoms with van der Waals surface area (Å²) in [5, 5.41) is 1.04. The van der Waals surface area contributed by atoms with Crippen molar-refractivity contribution in [2.24, 2.45) is 5.92 Å². The first-order valence-corrected chi connectivity index (χ1v) is 10.6. The highest BCUT2D eigenvalue weighted by Gasteiger charge is 2.47. The predicted octanol–water partition coefficient (Wildman–Crippen LogP) is 1.81. The fourth-order valence-corrected chi connectivity index (χ4v) is 5.19. The second-order valence-corrected chi connectivity index (χ2v) is 9.02. The molecule has 3 heterocycles. The van der Waals surface area contributed by atoms with Crippen LogP contribution in [-0.4, -0.2) is 52.4 Å².